The molecule has 1 aromatic carbocycles. The second-order valence-electron chi connectivity index (χ2n) is 4.23. The number of hydrogen-bond donors (Lipinski definition) is 4. The lowest BCUT2D eigenvalue weighted by Crippen LogP contribution is -2.45. The molecule has 0 radical (unpaired) electrons. The van der Waals surface area contributed by atoms with Crippen LogP contribution in [0.5, 0.6) is 5.75 Å². The topological polar surface area (TPSA) is 104 Å². The summed E-state index contributed by atoms with van der Waals surface area (Å²) in [5.74, 6) is -1.08. The molecule has 1 aromatic rings. The summed E-state index contributed by atoms with van der Waals surface area (Å²) in [6, 6.07) is 3.81. The molecule has 0 saturated carbocycles. The van der Waals surface area contributed by atoms with E-state index in [4.69, 9.17) is 5.73 Å². The molecular formula is C13H19N3O3. The van der Waals surface area contributed by atoms with Crippen LogP contribution in [0.25, 0.3) is 0 Å². The second kappa shape index (κ2) is 6.63. The Bertz CT molecular complexity index is 474. The predicted molar refractivity (Wildman–Crippen MR) is 72.7 cm³/mol. The number of nitrogens with one attached hydrogen (secondary N) is 2. The maximum absolute atomic E-state index is 11.9. The Balaban J connectivity index is 2.69. The van der Waals surface area contributed by atoms with Crippen molar-refractivity contribution in [2.75, 3.05) is 12.3 Å². The van der Waals surface area contributed by atoms with Crippen LogP contribution in [0, 0.1) is 0 Å². The number of rotatable bonds is 5. The van der Waals surface area contributed by atoms with Gasteiger partial charge in [0.1, 0.15) is 6.04 Å². The molecule has 19 heavy (non-hydrogen) atoms. The first-order valence-corrected chi connectivity index (χ1v) is 6.13. The highest BCUT2D eigenvalue weighted by Crippen LogP contribution is 2.24. The molecule has 0 saturated heterocycles. The van der Waals surface area contributed by atoms with Crippen LogP contribution in [-0.4, -0.2) is 29.5 Å². The summed E-state index contributed by atoms with van der Waals surface area (Å²) < 4.78 is 0. The highest BCUT2D eigenvalue weighted by molar-refractivity contribution is 6.00. The molecule has 104 valence electrons. The molecule has 0 aliphatic heterocycles. The lowest BCUT2D eigenvalue weighted by molar-refractivity contribution is -0.122. The SMILES string of the molecule is CCCNC(=O)C(C)NC(=O)c1cccc(N)c1O. The predicted octanol–water partition coefficient (Wildman–Crippen LogP) is 0.619. The van der Waals surface area contributed by atoms with E-state index in [1.54, 1.807) is 13.0 Å². The minimum Gasteiger partial charge on any atom is -0.505 e. The molecule has 1 rings (SSSR count). The first-order valence-electron chi connectivity index (χ1n) is 6.13. The van der Waals surface area contributed by atoms with Gasteiger partial charge in [0.15, 0.2) is 5.75 Å². The normalized spacial score (nSPS) is 11.7. The van der Waals surface area contributed by atoms with E-state index in [1.165, 1.54) is 12.1 Å². The zero-order valence-corrected chi connectivity index (χ0v) is 11.1. The summed E-state index contributed by atoms with van der Waals surface area (Å²) >= 11 is 0. The maximum atomic E-state index is 11.9. The van der Waals surface area contributed by atoms with Crippen LogP contribution in [0.3, 0.4) is 0 Å². The number of hydrogen-bond acceptors (Lipinski definition) is 4. The first kappa shape index (κ1) is 14.8. The molecule has 5 N–H and O–H groups in total. The average molecular weight is 265 g/mol. The van der Waals surface area contributed by atoms with Gasteiger partial charge < -0.3 is 21.5 Å². The number of benzene rings is 1. The van der Waals surface area contributed by atoms with E-state index in [9.17, 15) is 14.7 Å². The van der Waals surface area contributed by atoms with Gasteiger partial charge in [-0.25, -0.2) is 0 Å². The number of phenolic OH excluding ortho intramolecular Hbond substituents is 1. The van der Waals surface area contributed by atoms with Crippen LogP contribution >= 0.6 is 0 Å². The van der Waals surface area contributed by atoms with Crippen LogP contribution in [0.4, 0.5) is 5.69 Å². The third-order valence-corrected chi connectivity index (χ3v) is 2.60. The van der Waals surface area contributed by atoms with Crippen LogP contribution in [0.15, 0.2) is 18.2 Å². The molecule has 1 unspecified atom stereocenters. The van der Waals surface area contributed by atoms with Gasteiger partial charge in [-0.2, -0.15) is 0 Å². The van der Waals surface area contributed by atoms with Crippen LogP contribution in [0.1, 0.15) is 30.6 Å². The van der Waals surface area contributed by atoms with Crippen molar-refractivity contribution in [3.8, 4) is 5.75 Å². The number of aromatic hydroxyl groups is 1. The Morgan fingerprint density at radius 1 is 1.42 bits per heavy atom. The standard InChI is InChI=1S/C13H19N3O3/c1-3-7-15-12(18)8(2)16-13(19)9-5-4-6-10(14)11(9)17/h4-6,8,17H,3,7,14H2,1-2H3,(H,15,18)(H,16,19). The van der Waals surface area contributed by atoms with Gasteiger partial charge in [0.2, 0.25) is 5.91 Å². The molecule has 0 spiro atoms. The molecule has 6 heteroatoms. The summed E-state index contributed by atoms with van der Waals surface area (Å²) in [7, 11) is 0. The fourth-order valence-corrected chi connectivity index (χ4v) is 1.49. The van der Waals surface area contributed by atoms with Gasteiger partial charge in [0.05, 0.1) is 11.3 Å². The quantitative estimate of drug-likeness (QED) is 0.462. The van der Waals surface area contributed by atoms with E-state index >= 15 is 0 Å². The molecule has 6 nitrogen and oxygen atoms in total. The summed E-state index contributed by atoms with van der Waals surface area (Å²) in [6.07, 6.45) is 0.822. The monoisotopic (exact) mass is 265 g/mol. The van der Waals surface area contributed by atoms with E-state index in [1.807, 2.05) is 6.92 Å². The van der Waals surface area contributed by atoms with Crippen molar-refractivity contribution >= 4 is 17.5 Å². The van der Waals surface area contributed by atoms with Crippen molar-refractivity contribution in [3.05, 3.63) is 23.8 Å². The van der Waals surface area contributed by atoms with Gasteiger partial charge in [-0.05, 0) is 25.5 Å². The first-order chi connectivity index (χ1) is 8.97. The Kier molecular flexibility index (Phi) is 5.17. The third-order valence-electron chi connectivity index (χ3n) is 2.60. The molecule has 0 heterocycles. The van der Waals surface area contributed by atoms with E-state index in [0.29, 0.717) is 6.54 Å². The number of carbonyl (C=O) groups is 2. The van der Waals surface area contributed by atoms with Gasteiger partial charge in [0.25, 0.3) is 5.91 Å². The van der Waals surface area contributed by atoms with Crippen molar-refractivity contribution < 1.29 is 14.7 Å². The Hall–Kier alpha value is -2.24. The van der Waals surface area contributed by atoms with Crippen molar-refractivity contribution in [3.63, 3.8) is 0 Å². The molecule has 0 aromatic heterocycles. The molecule has 0 aliphatic rings. The van der Waals surface area contributed by atoms with Gasteiger partial charge >= 0.3 is 0 Å². The second-order valence-corrected chi connectivity index (χ2v) is 4.23. The number of anilines is 1. The number of nitrogens with two attached hydrogens (primary N) is 1. The van der Waals surface area contributed by atoms with Crippen LogP contribution in [-0.2, 0) is 4.79 Å². The smallest absolute Gasteiger partial charge is 0.255 e. The molecule has 0 aliphatic carbocycles. The summed E-state index contributed by atoms with van der Waals surface area (Å²) in [4.78, 5) is 23.5. The van der Waals surface area contributed by atoms with Crippen molar-refractivity contribution in [2.45, 2.75) is 26.3 Å². The molecule has 0 bridgehead atoms. The molecular weight excluding hydrogens is 246 g/mol. The van der Waals surface area contributed by atoms with Gasteiger partial charge in [-0.1, -0.05) is 13.0 Å². The van der Waals surface area contributed by atoms with Crippen molar-refractivity contribution in [2.24, 2.45) is 0 Å². The molecule has 2 amide bonds. The molecule has 0 fully saturated rings. The molecule has 1 atom stereocenters. The zero-order valence-electron chi connectivity index (χ0n) is 11.1. The van der Waals surface area contributed by atoms with Crippen molar-refractivity contribution in [1.82, 2.24) is 10.6 Å². The number of para-hydroxylation sites is 1. The van der Waals surface area contributed by atoms with Gasteiger partial charge in [-0.3, -0.25) is 9.59 Å². The van der Waals surface area contributed by atoms with E-state index in [0.717, 1.165) is 6.42 Å². The highest BCUT2D eigenvalue weighted by atomic mass is 16.3. The van der Waals surface area contributed by atoms with Crippen molar-refractivity contribution in [1.29, 1.82) is 0 Å². The highest BCUT2D eigenvalue weighted by Gasteiger charge is 2.18. The Morgan fingerprint density at radius 2 is 2.11 bits per heavy atom. The number of nitrogen functional groups attached to an aromatic ring is 1. The minimum absolute atomic E-state index is 0.0511. The van der Waals surface area contributed by atoms with Crippen LogP contribution in [0.2, 0.25) is 0 Å². The minimum atomic E-state index is -0.681. The van der Waals surface area contributed by atoms with E-state index in [2.05, 4.69) is 10.6 Å². The number of phenols is 1. The summed E-state index contributed by atoms with van der Waals surface area (Å²) in [6.45, 7) is 4.07. The fourth-order valence-electron chi connectivity index (χ4n) is 1.49. The summed E-state index contributed by atoms with van der Waals surface area (Å²) in [5, 5.41) is 14.9. The van der Waals surface area contributed by atoms with Crippen LogP contribution < -0.4 is 16.4 Å². The third kappa shape index (κ3) is 3.87. The lowest BCUT2D eigenvalue weighted by atomic mass is 10.1. The Morgan fingerprint density at radius 3 is 2.74 bits per heavy atom. The zero-order chi connectivity index (χ0) is 14.4. The lowest BCUT2D eigenvalue weighted by Gasteiger charge is -2.14. The number of carbonyl (C=O) groups excluding carboxylic acids is 2. The number of amides is 2. The fraction of sp³-hybridized carbons (Fsp3) is 0.385. The largest absolute Gasteiger partial charge is 0.505 e. The summed E-state index contributed by atoms with van der Waals surface area (Å²) in [5.41, 5.74) is 5.68. The van der Waals surface area contributed by atoms with E-state index < -0.39 is 11.9 Å². The average Bonchev–Trinajstić information content (AvgIpc) is 2.38. The van der Waals surface area contributed by atoms with Gasteiger partial charge in [-0.15, -0.1) is 0 Å². The van der Waals surface area contributed by atoms with Gasteiger partial charge in [0, 0.05) is 6.54 Å². The maximum Gasteiger partial charge on any atom is 0.255 e. The Labute approximate surface area is 112 Å². The van der Waals surface area contributed by atoms with E-state index in [-0.39, 0.29) is 22.9 Å².